The van der Waals surface area contributed by atoms with Gasteiger partial charge < -0.3 is 20.8 Å². The van der Waals surface area contributed by atoms with Crippen LogP contribution in [0.1, 0.15) is 30.3 Å². The van der Waals surface area contributed by atoms with Gasteiger partial charge in [0.25, 0.3) is 5.91 Å². The van der Waals surface area contributed by atoms with Crippen molar-refractivity contribution in [2.45, 2.75) is 25.8 Å². The van der Waals surface area contributed by atoms with Gasteiger partial charge in [-0.1, -0.05) is 24.9 Å². The Kier molecular flexibility index (Phi) is 5.78. The number of carbonyl (C=O) groups excluding carboxylic acids is 2. The number of halogens is 1. The first kappa shape index (κ1) is 17.1. The minimum Gasteiger partial charge on any atom is -0.459 e. The molecule has 122 valence electrons. The average molecular weight is 336 g/mol. The fraction of sp³-hybridized carbons (Fsp3) is 0.250. The van der Waals surface area contributed by atoms with Crippen LogP contribution in [0.5, 0.6) is 0 Å². The lowest BCUT2D eigenvalue weighted by atomic mass is 10.1. The molecule has 0 aliphatic heterocycles. The summed E-state index contributed by atoms with van der Waals surface area (Å²) in [4.78, 5) is 23.8. The van der Waals surface area contributed by atoms with Gasteiger partial charge in [-0.3, -0.25) is 9.59 Å². The first-order valence-electron chi connectivity index (χ1n) is 7.22. The van der Waals surface area contributed by atoms with E-state index in [1.807, 2.05) is 6.92 Å². The zero-order chi connectivity index (χ0) is 16.8. The van der Waals surface area contributed by atoms with Gasteiger partial charge in [0, 0.05) is 5.69 Å². The lowest BCUT2D eigenvalue weighted by Crippen LogP contribution is -2.35. The molecular weight excluding hydrogens is 318 g/mol. The molecular formula is C16H18ClN3O3. The Balaban J connectivity index is 2.03. The van der Waals surface area contributed by atoms with Crippen LogP contribution in [0.2, 0.25) is 5.02 Å². The number of hydrogen-bond acceptors (Lipinski definition) is 4. The molecule has 6 nitrogen and oxygen atoms in total. The van der Waals surface area contributed by atoms with E-state index in [4.69, 9.17) is 21.8 Å². The van der Waals surface area contributed by atoms with Crippen LogP contribution < -0.4 is 16.4 Å². The molecule has 0 saturated heterocycles. The Hall–Kier alpha value is -2.31. The molecule has 0 bridgehead atoms. The summed E-state index contributed by atoms with van der Waals surface area (Å²) >= 11 is 6.13. The van der Waals surface area contributed by atoms with Gasteiger partial charge in [0.05, 0.1) is 23.0 Å². The van der Waals surface area contributed by atoms with Crippen LogP contribution in [0, 0.1) is 0 Å². The summed E-state index contributed by atoms with van der Waals surface area (Å²) in [5, 5.41) is 5.63. The average Bonchev–Trinajstić information content (AvgIpc) is 3.04. The van der Waals surface area contributed by atoms with Crippen molar-refractivity contribution >= 4 is 34.8 Å². The zero-order valence-electron chi connectivity index (χ0n) is 12.6. The first-order chi connectivity index (χ1) is 11.0. The highest BCUT2D eigenvalue weighted by Crippen LogP contribution is 2.26. The van der Waals surface area contributed by atoms with Crippen molar-refractivity contribution in [2.24, 2.45) is 5.73 Å². The number of amides is 2. The van der Waals surface area contributed by atoms with Crippen molar-refractivity contribution < 1.29 is 14.0 Å². The summed E-state index contributed by atoms with van der Waals surface area (Å²) in [6.07, 6.45) is 2.85. The van der Waals surface area contributed by atoms with Crippen LogP contribution in [0.25, 0.3) is 0 Å². The van der Waals surface area contributed by atoms with E-state index in [0.717, 1.165) is 6.42 Å². The molecule has 1 unspecified atom stereocenters. The fourth-order valence-electron chi connectivity index (χ4n) is 1.96. The van der Waals surface area contributed by atoms with E-state index in [9.17, 15) is 9.59 Å². The van der Waals surface area contributed by atoms with Gasteiger partial charge in [0.15, 0.2) is 5.76 Å². The molecule has 0 fully saturated rings. The third kappa shape index (κ3) is 4.58. The lowest BCUT2D eigenvalue weighted by molar-refractivity contribution is -0.117. The topological polar surface area (TPSA) is 97.4 Å². The molecule has 1 atom stereocenters. The number of nitrogens with two attached hydrogens (primary N) is 1. The van der Waals surface area contributed by atoms with E-state index in [2.05, 4.69) is 10.6 Å². The molecule has 4 N–H and O–H groups in total. The normalized spacial score (nSPS) is 11.8. The van der Waals surface area contributed by atoms with Crippen molar-refractivity contribution in [1.82, 2.24) is 0 Å². The molecule has 1 heterocycles. The van der Waals surface area contributed by atoms with E-state index in [1.54, 1.807) is 30.3 Å². The number of carbonyl (C=O) groups is 2. The maximum Gasteiger partial charge on any atom is 0.291 e. The largest absolute Gasteiger partial charge is 0.459 e. The fourth-order valence-corrected chi connectivity index (χ4v) is 2.19. The summed E-state index contributed by atoms with van der Waals surface area (Å²) in [5.41, 5.74) is 6.69. The van der Waals surface area contributed by atoms with Crippen LogP contribution in [0.15, 0.2) is 41.0 Å². The molecule has 0 aliphatic carbocycles. The highest BCUT2D eigenvalue weighted by atomic mass is 35.5. The highest BCUT2D eigenvalue weighted by Gasteiger charge is 2.14. The molecule has 0 spiro atoms. The van der Waals surface area contributed by atoms with Crippen LogP contribution in [-0.4, -0.2) is 17.9 Å². The summed E-state index contributed by atoms with van der Waals surface area (Å²) in [6.45, 7) is 1.96. The van der Waals surface area contributed by atoms with Crippen molar-refractivity contribution in [3.63, 3.8) is 0 Å². The van der Waals surface area contributed by atoms with E-state index in [-0.39, 0.29) is 11.7 Å². The van der Waals surface area contributed by atoms with Gasteiger partial charge in [0.1, 0.15) is 0 Å². The molecule has 2 aromatic rings. The quantitative estimate of drug-likeness (QED) is 0.754. The van der Waals surface area contributed by atoms with E-state index in [1.165, 1.54) is 6.26 Å². The molecule has 0 aliphatic rings. The van der Waals surface area contributed by atoms with E-state index < -0.39 is 11.9 Å². The smallest absolute Gasteiger partial charge is 0.291 e. The Morgan fingerprint density at radius 2 is 2.09 bits per heavy atom. The predicted octanol–water partition coefficient (Wildman–Crippen LogP) is 3.25. The Morgan fingerprint density at radius 3 is 2.70 bits per heavy atom. The predicted molar refractivity (Wildman–Crippen MR) is 89.6 cm³/mol. The van der Waals surface area contributed by atoms with Crippen LogP contribution in [0.3, 0.4) is 0 Å². The van der Waals surface area contributed by atoms with Crippen LogP contribution in [0.4, 0.5) is 11.4 Å². The Bertz CT molecular complexity index is 686. The summed E-state index contributed by atoms with van der Waals surface area (Å²) in [7, 11) is 0. The van der Waals surface area contributed by atoms with Crippen LogP contribution in [-0.2, 0) is 4.79 Å². The molecule has 0 radical (unpaired) electrons. The highest BCUT2D eigenvalue weighted by molar-refractivity contribution is 6.34. The summed E-state index contributed by atoms with van der Waals surface area (Å²) < 4.78 is 5.01. The third-order valence-electron chi connectivity index (χ3n) is 3.17. The number of anilines is 2. The summed E-state index contributed by atoms with van der Waals surface area (Å²) in [5.74, 6) is -0.488. The number of nitrogens with one attached hydrogen (secondary N) is 2. The lowest BCUT2D eigenvalue weighted by Gasteiger charge is -2.12. The van der Waals surface area contributed by atoms with Crippen molar-refractivity contribution in [3.8, 4) is 0 Å². The molecule has 23 heavy (non-hydrogen) atoms. The molecule has 2 rings (SSSR count). The van der Waals surface area contributed by atoms with Crippen molar-refractivity contribution in [1.29, 1.82) is 0 Å². The van der Waals surface area contributed by atoms with Gasteiger partial charge in [-0.05, 0) is 36.8 Å². The minimum atomic E-state index is -0.558. The Labute approximate surface area is 139 Å². The zero-order valence-corrected chi connectivity index (χ0v) is 13.4. The van der Waals surface area contributed by atoms with Gasteiger partial charge >= 0.3 is 0 Å². The first-order valence-corrected chi connectivity index (χ1v) is 7.60. The number of rotatable bonds is 6. The van der Waals surface area contributed by atoms with Crippen molar-refractivity contribution in [2.75, 3.05) is 10.6 Å². The molecule has 0 saturated carbocycles. The number of benzene rings is 1. The number of hydrogen-bond donors (Lipinski definition) is 3. The molecule has 7 heteroatoms. The maximum atomic E-state index is 11.9. The summed E-state index contributed by atoms with van der Waals surface area (Å²) in [6, 6.07) is 7.40. The van der Waals surface area contributed by atoms with Gasteiger partial charge in [-0.25, -0.2) is 0 Å². The van der Waals surface area contributed by atoms with Crippen molar-refractivity contribution in [3.05, 3.63) is 47.4 Å². The minimum absolute atomic E-state index is 0.184. The molecule has 1 aromatic carbocycles. The van der Waals surface area contributed by atoms with Gasteiger partial charge in [-0.2, -0.15) is 0 Å². The van der Waals surface area contributed by atoms with Gasteiger partial charge in [-0.15, -0.1) is 0 Å². The van der Waals surface area contributed by atoms with E-state index in [0.29, 0.717) is 22.8 Å². The molecule has 2 amide bonds. The second-order valence-electron chi connectivity index (χ2n) is 5.01. The van der Waals surface area contributed by atoms with E-state index >= 15 is 0 Å². The monoisotopic (exact) mass is 335 g/mol. The maximum absolute atomic E-state index is 11.9. The second-order valence-corrected chi connectivity index (χ2v) is 5.42. The third-order valence-corrected chi connectivity index (χ3v) is 3.48. The number of furan rings is 1. The molecule has 1 aromatic heterocycles. The SMILES string of the molecule is CCCC(N)C(=O)Nc1ccc(NC(=O)c2ccco2)c(Cl)c1. The Morgan fingerprint density at radius 1 is 1.30 bits per heavy atom. The van der Waals surface area contributed by atoms with Crippen LogP contribution >= 0.6 is 11.6 Å². The second kappa shape index (κ2) is 7.80. The van der Waals surface area contributed by atoms with Gasteiger partial charge in [0.2, 0.25) is 5.91 Å². The standard InChI is InChI=1S/C16H18ClN3O3/c1-2-4-12(18)15(21)19-10-6-7-13(11(17)9-10)20-16(22)14-5-3-8-23-14/h3,5-9,12H,2,4,18H2,1H3,(H,19,21)(H,20,22).